The predicted octanol–water partition coefficient (Wildman–Crippen LogP) is -0.961. The third kappa shape index (κ3) is 18.4. The second-order valence-electron chi connectivity index (χ2n) is 13.5. The van der Waals surface area contributed by atoms with Gasteiger partial charge in [-0.05, 0) is 62.8 Å². The molecule has 12 N–H and O–H groups in total. The fourth-order valence-corrected chi connectivity index (χ4v) is 4.86. The van der Waals surface area contributed by atoms with E-state index in [1.165, 1.54) is 0 Å². The van der Waals surface area contributed by atoms with E-state index in [1.807, 2.05) is 13.8 Å². The molecule has 18 heteroatoms. The Labute approximate surface area is 292 Å². The molecule has 0 aromatic carbocycles. The molecule has 0 aliphatic rings. The summed E-state index contributed by atoms with van der Waals surface area (Å²) in [5.41, 5.74) is 11.4. The number of hydrogen-bond donors (Lipinski definition) is 10. The van der Waals surface area contributed by atoms with Crippen molar-refractivity contribution in [3.63, 3.8) is 0 Å². The van der Waals surface area contributed by atoms with Crippen molar-refractivity contribution in [3.8, 4) is 0 Å². The summed E-state index contributed by atoms with van der Waals surface area (Å²) >= 11 is 0. The topological polar surface area (TPSA) is 309 Å². The molecular formula is C32H57N7O11. The second-order valence-corrected chi connectivity index (χ2v) is 13.5. The van der Waals surface area contributed by atoms with Crippen molar-refractivity contribution in [1.82, 2.24) is 26.6 Å². The monoisotopic (exact) mass is 715 g/mol. The van der Waals surface area contributed by atoms with E-state index >= 15 is 0 Å². The molecule has 18 nitrogen and oxygen atoms in total. The van der Waals surface area contributed by atoms with Crippen molar-refractivity contribution in [2.24, 2.45) is 29.2 Å². The molecule has 0 bridgehead atoms. The number of nitrogens with two attached hydrogens (primary N) is 2. The van der Waals surface area contributed by atoms with Crippen molar-refractivity contribution < 1.29 is 53.7 Å². The molecular weight excluding hydrogens is 658 g/mol. The van der Waals surface area contributed by atoms with Crippen molar-refractivity contribution in [2.45, 2.75) is 129 Å². The van der Waals surface area contributed by atoms with Gasteiger partial charge in [0.1, 0.15) is 30.2 Å². The Morgan fingerprint density at radius 1 is 0.560 bits per heavy atom. The highest BCUT2D eigenvalue weighted by Crippen LogP contribution is 2.11. The minimum atomic E-state index is -1.79. The van der Waals surface area contributed by atoms with Gasteiger partial charge in [0, 0.05) is 6.42 Å². The van der Waals surface area contributed by atoms with Crippen molar-refractivity contribution in [1.29, 1.82) is 0 Å². The van der Waals surface area contributed by atoms with Gasteiger partial charge in [-0.25, -0.2) is 4.79 Å². The average molecular weight is 716 g/mol. The molecule has 0 spiro atoms. The first-order chi connectivity index (χ1) is 23.2. The van der Waals surface area contributed by atoms with Crippen LogP contribution in [-0.2, 0) is 38.4 Å². The van der Waals surface area contributed by atoms with Crippen LogP contribution in [0.5, 0.6) is 0 Å². The minimum absolute atomic E-state index is 0.00459. The van der Waals surface area contributed by atoms with Crippen molar-refractivity contribution in [3.05, 3.63) is 0 Å². The van der Waals surface area contributed by atoms with Gasteiger partial charge in [0.15, 0.2) is 0 Å². The molecule has 286 valence electrons. The Bertz CT molecular complexity index is 1180. The minimum Gasteiger partial charge on any atom is -0.481 e. The molecule has 0 aromatic heterocycles. The maximum atomic E-state index is 13.5. The van der Waals surface area contributed by atoms with Gasteiger partial charge < -0.3 is 53.4 Å². The number of carboxylic acids is 3. The maximum Gasteiger partial charge on any atom is 0.326 e. The van der Waals surface area contributed by atoms with Crippen LogP contribution in [-0.4, -0.2) is 106 Å². The van der Waals surface area contributed by atoms with Crippen LogP contribution in [0.3, 0.4) is 0 Å². The summed E-state index contributed by atoms with van der Waals surface area (Å²) in [6.45, 7) is 10.9. The zero-order valence-electron chi connectivity index (χ0n) is 29.8. The number of carbonyl (C=O) groups is 8. The van der Waals surface area contributed by atoms with Gasteiger partial charge >= 0.3 is 17.9 Å². The third-order valence-corrected chi connectivity index (χ3v) is 7.50. The van der Waals surface area contributed by atoms with Crippen molar-refractivity contribution >= 4 is 47.4 Å². The first-order valence-corrected chi connectivity index (χ1v) is 16.8. The Morgan fingerprint density at radius 3 is 1.54 bits per heavy atom. The first-order valence-electron chi connectivity index (χ1n) is 16.8. The number of carbonyl (C=O) groups excluding carboxylic acids is 5. The number of nitrogens with one attached hydrogen (secondary N) is 5. The third-order valence-electron chi connectivity index (χ3n) is 7.50. The summed E-state index contributed by atoms with van der Waals surface area (Å²) in [7, 11) is 0. The van der Waals surface area contributed by atoms with E-state index in [9.17, 15) is 53.7 Å². The van der Waals surface area contributed by atoms with Gasteiger partial charge in [0.05, 0.1) is 12.5 Å². The van der Waals surface area contributed by atoms with Crippen LogP contribution in [0, 0.1) is 17.8 Å². The number of amides is 5. The van der Waals surface area contributed by atoms with Gasteiger partial charge in [0.25, 0.3) is 0 Å². The maximum absolute atomic E-state index is 13.5. The van der Waals surface area contributed by atoms with Gasteiger partial charge in [0.2, 0.25) is 29.5 Å². The van der Waals surface area contributed by atoms with E-state index in [1.54, 1.807) is 27.7 Å². The van der Waals surface area contributed by atoms with Crippen molar-refractivity contribution in [2.75, 3.05) is 6.54 Å². The van der Waals surface area contributed by atoms with Crippen LogP contribution < -0.4 is 38.1 Å². The number of aliphatic carboxylic acids is 3. The van der Waals surface area contributed by atoms with E-state index in [0.29, 0.717) is 19.3 Å². The zero-order valence-corrected chi connectivity index (χ0v) is 29.8. The lowest BCUT2D eigenvalue weighted by Gasteiger charge is -2.28. The Kier molecular flexibility index (Phi) is 21.2. The molecule has 0 rings (SSSR count). The molecule has 0 saturated carbocycles. The van der Waals surface area contributed by atoms with Crippen LogP contribution in [0.4, 0.5) is 0 Å². The summed E-state index contributed by atoms with van der Waals surface area (Å²) in [6, 6.07) is -8.02. The second kappa shape index (κ2) is 23.2. The van der Waals surface area contributed by atoms with E-state index in [4.69, 9.17) is 11.5 Å². The van der Waals surface area contributed by atoms with Crippen LogP contribution in [0.25, 0.3) is 0 Å². The number of unbranched alkanes of at least 4 members (excludes halogenated alkanes) is 1. The van der Waals surface area contributed by atoms with Crippen LogP contribution in [0.1, 0.15) is 92.9 Å². The molecule has 50 heavy (non-hydrogen) atoms. The number of carboxylic acid groups (broad SMARTS) is 3. The molecule has 0 aromatic rings. The highest BCUT2D eigenvalue weighted by Gasteiger charge is 2.34. The normalized spacial score (nSPS) is 14.9. The fourth-order valence-electron chi connectivity index (χ4n) is 4.86. The number of rotatable bonds is 25. The molecule has 5 amide bonds. The molecule has 0 heterocycles. The molecule has 6 atom stereocenters. The molecule has 0 fully saturated rings. The van der Waals surface area contributed by atoms with Crippen LogP contribution in [0.15, 0.2) is 0 Å². The Hall–Kier alpha value is -4.32. The largest absolute Gasteiger partial charge is 0.481 e. The average Bonchev–Trinajstić information content (AvgIpc) is 2.99. The van der Waals surface area contributed by atoms with E-state index in [2.05, 4.69) is 26.6 Å². The predicted molar refractivity (Wildman–Crippen MR) is 181 cm³/mol. The summed E-state index contributed by atoms with van der Waals surface area (Å²) in [6.07, 6.45) is -0.786. The van der Waals surface area contributed by atoms with E-state index in [-0.39, 0.29) is 31.2 Å². The van der Waals surface area contributed by atoms with Gasteiger partial charge in [-0.2, -0.15) is 0 Å². The molecule has 0 aliphatic heterocycles. The number of hydrogen-bond acceptors (Lipinski definition) is 10. The highest BCUT2D eigenvalue weighted by molar-refractivity contribution is 5.97. The van der Waals surface area contributed by atoms with Crippen LogP contribution in [0.2, 0.25) is 0 Å². The summed E-state index contributed by atoms with van der Waals surface area (Å²) in [4.78, 5) is 101. The smallest absolute Gasteiger partial charge is 0.326 e. The van der Waals surface area contributed by atoms with Crippen LogP contribution >= 0.6 is 0 Å². The molecule has 0 unspecified atom stereocenters. The van der Waals surface area contributed by atoms with E-state index in [0.717, 1.165) is 0 Å². The Morgan fingerprint density at radius 2 is 1.06 bits per heavy atom. The molecule has 0 radical (unpaired) electrons. The lowest BCUT2D eigenvalue weighted by molar-refractivity contribution is -0.144. The van der Waals surface area contributed by atoms with Gasteiger partial charge in [-0.3, -0.25) is 33.6 Å². The molecule has 0 saturated heterocycles. The molecule has 0 aliphatic carbocycles. The van der Waals surface area contributed by atoms with Gasteiger partial charge in [-0.1, -0.05) is 41.5 Å². The summed E-state index contributed by atoms with van der Waals surface area (Å²) in [5, 5.41) is 40.2. The Balaban J connectivity index is 6.13. The fraction of sp³-hybridized carbons (Fsp3) is 0.750. The summed E-state index contributed by atoms with van der Waals surface area (Å²) in [5.74, 6) is -9.08. The lowest BCUT2D eigenvalue weighted by atomic mass is 9.98. The zero-order chi connectivity index (χ0) is 38.7. The standard InChI is InChI=1S/C32H57N7O11/c1-16(2)13-19(34)27(44)39-26(18(5)6)31(48)38-22(14-17(3)4)29(46)37-23(15-25(42)43)30(47)35-20(10-11-24(40)41)28(45)36-21(32(49)50)9-7-8-12-33/h16-23,26H,7-15,33-34H2,1-6H3,(H,35,47)(H,36,45)(H,37,46)(H,38,48)(H,39,44)(H,40,41)(H,42,43)(H,49,50)/t19-,20-,21-,22-,23-,26-/m0/s1. The lowest BCUT2D eigenvalue weighted by Crippen LogP contribution is -2.60. The SMILES string of the molecule is CC(C)C[C@H](NC(=O)[C@@H](NC(=O)[C@@H](N)CC(C)C)C(C)C)C(=O)N[C@@H](CC(=O)O)C(=O)N[C@@H](CCC(=O)O)C(=O)N[C@@H](CCCCN)C(=O)O. The summed E-state index contributed by atoms with van der Waals surface area (Å²) < 4.78 is 0. The van der Waals surface area contributed by atoms with E-state index < -0.39 is 109 Å². The quantitative estimate of drug-likeness (QED) is 0.0510. The van der Waals surface area contributed by atoms with Gasteiger partial charge in [-0.15, -0.1) is 0 Å². The first kappa shape index (κ1) is 45.7. The highest BCUT2D eigenvalue weighted by atomic mass is 16.4.